The highest BCUT2D eigenvalue weighted by atomic mass is 14.7. The Bertz CT molecular complexity index is 211. The Balaban J connectivity index is 2.27. The molecule has 0 saturated heterocycles. The summed E-state index contributed by atoms with van der Waals surface area (Å²) in [5, 5.41) is 0. The first-order valence-electron chi connectivity index (χ1n) is 3.86. The fourth-order valence-electron chi connectivity index (χ4n) is 1.54. The Kier molecular flexibility index (Phi) is 1.42. The smallest absolute Gasteiger partial charge is 0.0434 e. The van der Waals surface area contributed by atoms with Gasteiger partial charge in [0.15, 0.2) is 0 Å². The predicted molar refractivity (Wildman–Crippen MR) is 43.1 cm³/mol. The molecule has 2 rings (SSSR count). The van der Waals surface area contributed by atoms with E-state index in [0.29, 0.717) is 0 Å². The van der Waals surface area contributed by atoms with Gasteiger partial charge in [0.1, 0.15) is 0 Å². The topological polar surface area (TPSA) is 12.4 Å². The molecule has 0 saturated carbocycles. The van der Waals surface area contributed by atoms with Crippen molar-refractivity contribution in [3.05, 3.63) is 24.4 Å². The fraction of sp³-hybridized carbons (Fsp3) is 0.444. The molecule has 1 nitrogen and oxygen atoms in total. The third-order valence-corrected chi connectivity index (χ3v) is 2.14. The third kappa shape index (κ3) is 0.919. The van der Waals surface area contributed by atoms with Crippen LogP contribution in [0.3, 0.4) is 0 Å². The van der Waals surface area contributed by atoms with Gasteiger partial charge in [-0.05, 0) is 25.3 Å². The highest BCUT2D eigenvalue weighted by molar-refractivity contribution is 5.98. The zero-order valence-corrected chi connectivity index (χ0v) is 5.96. The SMILES string of the molecule is C1=CC2=NC=CC[C@H]2CC1. The minimum atomic E-state index is 0.731. The molecule has 0 radical (unpaired) electrons. The standard InChI is InChI=1S/C9H11N/c1-2-6-9-8(4-1)5-3-7-10-9/h2-3,6-8H,1,4-5H2/t8-/m1/s1. The summed E-state index contributed by atoms with van der Waals surface area (Å²) in [5.74, 6) is 0.731. The van der Waals surface area contributed by atoms with Crippen LogP contribution in [0.5, 0.6) is 0 Å². The Hall–Kier alpha value is -0.850. The molecule has 0 aromatic carbocycles. The van der Waals surface area contributed by atoms with Gasteiger partial charge in [0, 0.05) is 17.8 Å². The number of aliphatic imine (C=N–C) groups is 1. The molecule has 2 aliphatic rings. The van der Waals surface area contributed by atoms with Crippen LogP contribution in [0.2, 0.25) is 0 Å². The summed E-state index contributed by atoms with van der Waals surface area (Å²) in [5.41, 5.74) is 1.29. The maximum atomic E-state index is 4.30. The molecule has 0 N–H and O–H groups in total. The van der Waals surface area contributed by atoms with Crippen LogP contribution in [0.1, 0.15) is 19.3 Å². The van der Waals surface area contributed by atoms with Crippen molar-refractivity contribution in [1.29, 1.82) is 0 Å². The molecule has 1 heteroatoms. The van der Waals surface area contributed by atoms with Crippen molar-refractivity contribution in [2.75, 3.05) is 0 Å². The molecule has 0 amide bonds. The summed E-state index contributed by atoms with van der Waals surface area (Å²) in [4.78, 5) is 4.30. The second kappa shape index (κ2) is 2.41. The molecule has 0 fully saturated rings. The second-order valence-corrected chi connectivity index (χ2v) is 2.85. The lowest BCUT2D eigenvalue weighted by Crippen LogP contribution is -2.16. The minimum absolute atomic E-state index is 0.731. The van der Waals surface area contributed by atoms with Crippen LogP contribution in [0.15, 0.2) is 29.4 Å². The number of fused-ring (bicyclic) bond motifs is 1. The number of hydrogen-bond donors (Lipinski definition) is 0. The predicted octanol–water partition coefficient (Wildman–Crippen LogP) is 2.31. The van der Waals surface area contributed by atoms with E-state index < -0.39 is 0 Å². The van der Waals surface area contributed by atoms with Crippen molar-refractivity contribution in [3.8, 4) is 0 Å². The molecule has 0 unspecified atom stereocenters. The number of nitrogens with zero attached hydrogens (tertiary/aromatic N) is 1. The van der Waals surface area contributed by atoms with Gasteiger partial charge in [-0.3, -0.25) is 4.99 Å². The first kappa shape index (κ1) is 5.90. The van der Waals surface area contributed by atoms with Crippen LogP contribution in [-0.2, 0) is 0 Å². The molecule has 1 atom stereocenters. The molecule has 0 spiro atoms. The molecule has 1 heterocycles. The van der Waals surface area contributed by atoms with E-state index in [1.807, 2.05) is 6.20 Å². The van der Waals surface area contributed by atoms with E-state index in [-0.39, 0.29) is 0 Å². The van der Waals surface area contributed by atoms with Crippen LogP contribution in [0.25, 0.3) is 0 Å². The van der Waals surface area contributed by atoms with Crippen molar-refractivity contribution in [2.24, 2.45) is 10.9 Å². The van der Waals surface area contributed by atoms with E-state index in [9.17, 15) is 0 Å². The first-order valence-corrected chi connectivity index (χ1v) is 3.86. The van der Waals surface area contributed by atoms with Gasteiger partial charge in [-0.25, -0.2) is 0 Å². The fourth-order valence-corrected chi connectivity index (χ4v) is 1.54. The molecular formula is C9H11N. The van der Waals surface area contributed by atoms with Gasteiger partial charge in [0.2, 0.25) is 0 Å². The van der Waals surface area contributed by atoms with E-state index >= 15 is 0 Å². The summed E-state index contributed by atoms with van der Waals surface area (Å²) in [6.45, 7) is 0. The molecule has 0 bridgehead atoms. The Labute approximate surface area is 61.2 Å². The average molecular weight is 133 g/mol. The van der Waals surface area contributed by atoms with Crippen LogP contribution >= 0.6 is 0 Å². The van der Waals surface area contributed by atoms with E-state index in [1.165, 1.54) is 25.0 Å². The maximum Gasteiger partial charge on any atom is 0.0434 e. The summed E-state index contributed by atoms with van der Waals surface area (Å²) >= 11 is 0. The van der Waals surface area contributed by atoms with Gasteiger partial charge in [0.05, 0.1) is 0 Å². The van der Waals surface area contributed by atoms with Crippen LogP contribution in [0, 0.1) is 5.92 Å². The number of rotatable bonds is 0. The van der Waals surface area contributed by atoms with Gasteiger partial charge in [-0.2, -0.15) is 0 Å². The monoisotopic (exact) mass is 133 g/mol. The van der Waals surface area contributed by atoms with Gasteiger partial charge < -0.3 is 0 Å². The normalized spacial score (nSPS) is 29.6. The summed E-state index contributed by atoms with van der Waals surface area (Å²) in [7, 11) is 0. The number of allylic oxidation sites excluding steroid dienone is 3. The zero-order chi connectivity index (χ0) is 6.81. The van der Waals surface area contributed by atoms with Gasteiger partial charge in [-0.1, -0.05) is 12.2 Å². The van der Waals surface area contributed by atoms with Crippen LogP contribution in [-0.4, -0.2) is 5.71 Å². The lowest BCUT2D eigenvalue weighted by atomic mass is 9.88. The highest BCUT2D eigenvalue weighted by Crippen LogP contribution is 2.22. The first-order chi connectivity index (χ1) is 4.97. The van der Waals surface area contributed by atoms with Gasteiger partial charge >= 0.3 is 0 Å². The van der Waals surface area contributed by atoms with Crippen molar-refractivity contribution in [1.82, 2.24) is 0 Å². The van der Waals surface area contributed by atoms with Crippen LogP contribution in [0.4, 0.5) is 0 Å². The van der Waals surface area contributed by atoms with Crippen LogP contribution < -0.4 is 0 Å². The van der Waals surface area contributed by atoms with E-state index in [1.54, 1.807) is 0 Å². The quantitative estimate of drug-likeness (QED) is 0.481. The molecular weight excluding hydrogens is 122 g/mol. The maximum absolute atomic E-state index is 4.30. The Morgan fingerprint density at radius 1 is 1.40 bits per heavy atom. The molecule has 0 aromatic rings. The lowest BCUT2D eigenvalue weighted by molar-refractivity contribution is 0.627. The molecule has 1 aliphatic heterocycles. The molecule has 52 valence electrons. The van der Waals surface area contributed by atoms with Crippen molar-refractivity contribution >= 4 is 5.71 Å². The largest absolute Gasteiger partial charge is 0.261 e. The molecule has 0 aromatic heterocycles. The van der Waals surface area contributed by atoms with Crippen molar-refractivity contribution in [3.63, 3.8) is 0 Å². The third-order valence-electron chi connectivity index (χ3n) is 2.14. The summed E-state index contributed by atoms with van der Waals surface area (Å²) < 4.78 is 0. The van der Waals surface area contributed by atoms with Gasteiger partial charge in [0.25, 0.3) is 0 Å². The molecule has 1 aliphatic carbocycles. The molecule has 10 heavy (non-hydrogen) atoms. The second-order valence-electron chi connectivity index (χ2n) is 2.85. The van der Waals surface area contributed by atoms with Crippen molar-refractivity contribution in [2.45, 2.75) is 19.3 Å². The summed E-state index contributed by atoms with van der Waals surface area (Å²) in [6.07, 6.45) is 12.2. The zero-order valence-electron chi connectivity index (χ0n) is 5.96. The highest BCUT2D eigenvalue weighted by Gasteiger charge is 2.16. The van der Waals surface area contributed by atoms with E-state index in [4.69, 9.17) is 0 Å². The van der Waals surface area contributed by atoms with Crippen molar-refractivity contribution < 1.29 is 0 Å². The average Bonchev–Trinajstić information content (AvgIpc) is 2.05. The van der Waals surface area contributed by atoms with Gasteiger partial charge in [-0.15, -0.1) is 0 Å². The van der Waals surface area contributed by atoms with E-state index in [0.717, 1.165) is 5.92 Å². The Morgan fingerprint density at radius 3 is 3.30 bits per heavy atom. The summed E-state index contributed by atoms with van der Waals surface area (Å²) in [6, 6.07) is 0. The number of hydrogen-bond acceptors (Lipinski definition) is 1. The minimum Gasteiger partial charge on any atom is -0.261 e. The Morgan fingerprint density at radius 2 is 2.40 bits per heavy atom. The lowest BCUT2D eigenvalue weighted by Gasteiger charge is -2.19. The van der Waals surface area contributed by atoms with E-state index in [2.05, 4.69) is 23.2 Å².